The molecule has 0 radical (unpaired) electrons. The number of nitrogens with one attached hydrogen (secondary N) is 2. The van der Waals surface area contributed by atoms with E-state index in [0.29, 0.717) is 11.8 Å². The van der Waals surface area contributed by atoms with Gasteiger partial charge in [0.2, 0.25) is 0 Å². The van der Waals surface area contributed by atoms with Gasteiger partial charge < -0.3 is 10.3 Å². The number of aromatic amines is 1. The summed E-state index contributed by atoms with van der Waals surface area (Å²) < 4.78 is 0. The second-order valence-corrected chi connectivity index (χ2v) is 9.66. The molecule has 4 aromatic rings. The Bertz CT molecular complexity index is 1180. The first-order valence-corrected chi connectivity index (χ1v) is 11.7. The summed E-state index contributed by atoms with van der Waals surface area (Å²) in [6, 6.07) is 11.0. The van der Waals surface area contributed by atoms with Crippen LogP contribution in [0.5, 0.6) is 0 Å². The van der Waals surface area contributed by atoms with E-state index in [-0.39, 0.29) is 0 Å². The van der Waals surface area contributed by atoms with Crippen LogP contribution in [0, 0.1) is 6.92 Å². The van der Waals surface area contributed by atoms with Crippen molar-refractivity contribution >= 4 is 22.2 Å². The maximum Gasteiger partial charge on any atom is 0.0963 e. The molecule has 1 aromatic carbocycles. The van der Waals surface area contributed by atoms with Gasteiger partial charge >= 0.3 is 0 Å². The van der Waals surface area contributed by atoms with Crippen molar-refractivity contribution in [2.75, 3.05) is 13.1 Å². The lowest BCUT2D eigenvalue weighted by Gasteiger charge is -2.20. The largest absolute Gasteiger partial charge is 0.354 e. The van der Waals surface area contributed by atoms with Gasteiger partial charge in [-0.3, -0.25) is 4.98 Å². The number of pyridine rings is 1. The molecule has 0 unspecified atom stereocenters. The van der Waals surface area contributed by atoms with E-state index in [4.69, 9.17) is 4.98 Å². The van der Waals surface area contributed by atoms with Gasteiger partial charge in [0, 0.05) is 40.5 Å². The minimum atomic E-state index is 0.421. The van der Waals surface area contributed by atoms with Gasteiger partial charge in [-0.25, -0.2) is 4.98 Å². The number of benzene rings is 1. The minimum absolute atomic E-state index is 0.421. The SMILES string of the molecule is Cc1cc(-c2[nH]c3ccc(-c4cnc(C5CCNCC5)s4)cc3c2C(C)C)ccn1. The molecule has 5 rings (SSSR count). The van der Waals surface area contributed by atoms with E-state index >= 15 is 0 Å². The number of nitrogens with zero attached hydrogens (tertiary/aromatic N) is 2. The number of hydrogen-bond donors (Lipinski definition) is 2. The Labute approximate surface area is 181 Å². The van der Waals surface area contributed by atoms with Crippen LogP contribution >= 0.6 is 11.3 Å². The van der Waals surface area contributed by atoms with E-state index in [0.717, 1.165) is 18.8 Å². The monoisotopic (exact) mass is 416 g/mol. The standard InChI is InChI=1S/C25H28N4S/c1-15(2)23-20-13-18(22-14-28-25(30-22)17-6-9-26-10-7-17)4-5-21(20)29-24(23)19-8-11-27-16(3)12-19/h4-5,8,11-15,17,26,29H,6-7,9-10H2,1-3H3. The zero-order valence-electron chi connectivity index (χ0n) is 17.8. The van der Waals surface area contributed by atoms with Gasteiger partial charge in [-0.1, -0.05) is 19.9 Å². The summed E-state index contributed by atoms with van der Waals surface area (Å²) in [5, 5.41) is 6.05. The lowest BCUT2D eigenvalue weighted by atomic mass is 9.95. The summed E-state index contributed by atoms with van der Waals surface area (Å²) in [6.45, 7) is 8.79. The van der Waals surface area contributed by atoms with Crippen LogP contribution in [0.25, 0.3) is 32.6 Å². The second-order valence-electron chi connectivity index (χ2n) is 8.60. The van der Waals surface area contributed by atoms with Crippen LogP contribution in [0.1, 0.15) is 54.8 Å². The zero-order chi connectivity index (χ0) is 20.7. The third kappa shape index (κ3) is 3.57. The van der Waals surface area contributed by atoms with Gasteiger partial charge in [0.15, 0.2) is 0 Å². The smallest absolute Gasteiger partial charge is 0.0963 e. The summed E-state index contributed by atoms with van der Waals surface area (Å²) in [5.41, 5.74) is 7.28. The topological polar surface area (TPSA) is 53.6 Å². The van der Waals surface area contributed by atoms with Crippen LogP contribution in [-0.2, 0) is 0 Å². The van der Waals surface area contributed by atoms with Crippen LogP contribution in [0.4, 0.5) is 0 Å². The molecular weight excluding hydrogens is 388 g/mol. The van der Waals surface area contributed by atoms with Gasteiger partial charge in [0.1, 0.15) is 0 Å². The van der Waals surface area contributed by atoms with Crippen LogP contribution < -0.4 is 5.32 Å². The zero-order valence-corrected chi connectivity index (χ0v) is 18.6. The Balaban J connectivity index is 1.57. The molecule has 30 heavy (non-hydrogen) atoms. The highest BCUT2D eigenvalue weighted by atomic mass is 32.1. The van der Waals surface area contributed by atoms with Crippen molar-refractivity contribution in [1.82, 2.24) is 20.3 Å². The predicted molar refractivity (Wildman–Crippen MR) is 126 cm³/mol. The maximum absolute atomic E-state index is 4.79. The molecule has 0 aliphatic carbocycles. The molecule has 1 saturated heterocycles. The lowest BCUT2D eigenvalue weighted by molar-refractivity contribution is 0.459. The Hall–Kier alpha value is -2.50. The molecule has 2 N–H and O–H groups in total. The van der Waals surface area contributed by atoms with Gasteiger partial charge in [0.05, 0.1) is 15.6 Å². The highest BCUT2D eigenvalue weighted by Crippen LogP contribution is 2.39. The molecule has 0 atom stereocenters. The van der Waals surface area contributed by atoms with E-state index in [1.54, 1.807) is 0 Å². The van der Waals surface area contributed by atoms with Crippen molar-refractivity contribution in [2.24, 2.45) is 0 Å². The third-order valence-corrected chi connectivity index (χ3v) is 7.31. The van der Waals surface area contributed by atoms with Gasteiger partial charge in [-0.15, -0.1) is 11.3 Å². The highest BCUT2D eigenvalue weighted by molar-refractivity contribution is 7.15. The van der Waals surface area contributed by atoms with Crippen molar-refractivity contribution < 1.29 is 0 Å². The molecule has 0 saturated carbocycles. The highest BCUT2D eigenvalue weighted by Gasteiger charge is 2.20. The molecule has 0 amide bonds. The van der Waals surface area contributed by atoms with E-state index in [2.05, 4.69) is 65.7 Å². The number of H-pyrrole nitrogens is 1. The number of aromatic nitrogens is 3. The van der Waals surface area contributed by atoms with Crippen LogP contribution in [-0.4, -0.2) is 28.0 Å². The Kier molecular flexibility index (Phi) is 5.17. The molecule has 0 spiro atoms. The van der Waals surface area contributed by atoms with Crippen LogP contribution in [0.3, 0.4) is 0 Å². The predicted octanol–water partition coefficient (Wildman–Crippen LogP) is 6.25. The first-order valence-electron chi connectivity index (χ1n) is 10.9. The van der Waals surface area contributed by atoms with E-state index in [9.17, 15) is 0 Å². The van der Waals surface area contributed by atoms with Crippen molar-refractivity contribution in [3.05, 3.63) is 59.0 Å². The Morgan fingerprint density at radius 1 is 1.03 bits per heavy atom. The summed E-state index contributed by atoms with van der Waals surface area (Å²) in [5.74, 6) is 1.03. The molecule has 4 nitrogen and oxygen atoms in total. The molecule has 5 heteroatoms. The van der Waals surface area contributed by atoms with Crippen molar-refractivity contribution in [1.29, 1.82) is 0 Å². The first-order chi connectivity index (χ1) is 14.6. The number of aryl methyl sites for hydroxylation is 1. The molecule has 4 heterocycles. The molecule has 1 aliphatic rings. The second kappa shape index (κ2) is 7.97. The summed E-state index contributed by atoms with van der Waals surface area (Å²) in [7, 11) is 0. The summed E-state index contributed by atoms with van der Waals surface area (Å²) in [6.07, 6.45) is 6.34. The Morgan fingerprint density at radius 3 is 2.63 bits per heavy atom. The fourth-order valence-corrected chi connectivity index (χ4v) is 5.66. The van der Waals surface area contributed by atoms with Crippen molar-refractivity contribution in [2.45, 2.75) is 45.4 Å². The maximum atomic E-state index is 4.79. The van der Waals surface area contributed by atoms with E-state index in [1.165, 1.54) is 56.0 Å². The van der Waals surface area contributed by atoms with Crippen molar-refractivity contribution in [3.63, 3.8) is 0 Å². The van der Waals surface area contributed by atoms with Crippen LogP contribution in [0.2, 0.25) is 0 Å². The molecule has 1 aliphatic heterocycles. The average molecular weight is 417 g/mol. The van der Waals surface area contributed by atoms with Gasteiger partial charge in [-0.05, 0) is 74.2 Å². The quantitative estimate of drug-likeness (QED) is 0.413. The van der Waals surface area contributed by atoms with Gasteiger partial charge in [0.25, 0.3) is 0 Å². The summed E-state index contributed by atoms with van der Waals surface area (Å²) >= 11 is 1.86. The number of thiazole rings is 1. The fourth-order valence-electron chi connectivity index (χ4n) is 4.57. The molecule has 154 valence electrons. The number of rotatable bonds is 4. The van der Waals surface area contributed by atoms with E-state index in [1.807, 2.05) is 24.5 Å². The molecule has 3 aromatic heterocycles. The molecular formula is C25H28N4S. The first kappa shape index (κ1) is 19.5. The number of piperidine rings is 1. The average Bonchev–Trinajstić information content (AvgIpc) is 3.39. The molecule has 1 fully saturated rings. The molecule has 0 bridgehead atoms. The van der Waals surface area contributed by atoms with Crippen molar-refractivity contribution in [3.8, 4) is 21.7 Å². The minimum Gasteiger partial charge on any atom is -0.354 e. The Morgan fingerprint density at radius 2 is 1.87 bits per heavy atom. The normalized spacial score (nSPS) is 15.3. The van der Waals surface area contributed by atoms with Crippen LogP contribution in [0.15, 0.2) is 42.7 Å². The fraction of sp³-hybridized carbons (Fsp3) is 0.360. The number of fused-ring (bicyclic) bond motifs is 1. The lowest BCUT2D eigenvalue weighted by Crippen LogP contribution is -2.26. The van der Waals surface area contributed by atoms with Gasteiger partial charge in [-0.2, -0.15) is 0 Å². The number of hydrogen-bond acceptors (Lipinski definition) is 4. The van der Waals surface area contributed by atoms with E-state index < -0.39 is 0 Å². The third-order valence-electron chi connectivity index (χ3n) is 6.10. The summed E-state index contributed by atoms with van der Waals surface area (Å²) in [4.78, 5) is 14.1.